The van der Waals surface area contributed by atoms with E-state index in [2.05, 4.69) is 59.4 Å². The molecule has 0 radical (unpaired) electrons. The molecule has 14 heteroatoms. The number of rotatable bonds is 8. The van der Waals surface area contributed by atoms with Gasteiger partial charge in [0.15, 0.2) is 5.78 Å². The summed E-state index contributed by atoms with van der Waals surface area (Å²) in [5.74, 6) is 0.552. The lowest BCUT2D eigenvalue weighted by Gasteiger charge is -2.56. The average Bonchev–Trinajstić information content (AvgIpc) is 4.04. The summed E-state index contributed by atoms with van der Waals surface area (Å²) < 4.78 is 0. The molecular formula is C63H80N6O8. The predicted molar refractivity (Wildman–Crippen MR) is 301 cm³/mol. The van der Waals surface area contributed by atoms with Crippen molar-refractivity contribution in [1.29, 1.82) is 0 Å². The van der Waals surface area contributed by atoms with Crippen LogP contribution in [0.3, 0.4) is 0 Å². The summed E-state index contributed by atoms with van der Waals surface area (Å²) in [5.41, 5.74) is 17.2. The van der Waals surface area contributed by atoms with Crippen LogP contribution in [0.1, 0.15) is 137 Å². The Morgan fingerprint density at radius 2 is 1.73 bits per heavy atom. The number of carbonyl (C=O) groups excluding carboxylic acids is 2. The van der Waals surface area contributed by atoms with Crippen LogP contribution in [0.2, 0.25) is 0 Å². The zero-order chi connectivity index (χ0) is 55.2. The van der Waals surface area contributed by atoms with Gasteiger partial charge in [-0.15, -0.1) is 0 Å². The molecule has 410 valence electrons. The van der Waals surface area contributed by atoms with Crippen LogP contribution in [0.5, 0.6) is 5.75 Å². The number of hydrogen-bond acceptors (Lipinski definition) is 13. The number of phenols is 1. The lowest BCUT2D eigenvalue weighted by Crippen LogP contribution is -2.59. The van der Waals surface area contributed by atoms with Gasteiger partial charge in [-0.3, -0.25) is 14.9 Å². The number of aliphatic imine (C=N–C) groups is 1. The number of phenolic OH excluding ortho intramolecular Hbond substituents is 1. The molecule has 2 bridgehead atoms. The second-order valence-corrected chi connectivity index (χ2v) is 22.9. The molecule has 2 aliphatic carbocycles. The fourth-order valence-corrected chi connectivity index (χ4v) is 13.5. The number of allylic oxidation sites excluding steroid dienone is 8. The summed E-state index contributed by atoms with van der Waals surface area (Å²) in [6.07, 6.45) is 9.34. The number of amides is 1. The predicted octanol–water partition coefficient (Wildman–Crippen LogP) is 6.57. The van der Waals surface area contributed by atoms with E-state index in [-0.39, 0.29) is 62.9 Å². The van der Waals surface area contributed by atoms with Gasteiger partial charge in [0.05, 0.1) is 30.0 Å². The molecule has 13 N–H and O–H groups in total. The van der Waals surface area contributed by atoms with Crippen LogP contribution in [0.4, 0.5) is 0 Å². The van der Waals surface area contributed by atoms with E-state index in [1.54, 1.807) is 19.1 Å². The zero-order valence-electron chi connectivity index (χ0n) is 45.2. The Morgan fingerprint density at radius 1 is 0.987 bits per heavy atom. The number of benzene rings is 3. The molecule has 0 saturated heterocycles. The van der Waals surface area contributed by atoms with Crippen LogP contribution in [0, 0.1) is 35.1 Å². The minimum Gasteiger partial charge on any atom is -0.508 e. The number of guanidine groups is 1. The number of aromatic hydroxyl groups is 1. The highest BCUT2D eigenvalue weighted by Gasteiger charge is 2.64. The van der Waals surface area contributed by atoms with Crippen molar-refractivity contribution in [2.24, 2.45) is 39.6 Å². The molecule has 8 rings (SSSR count). The summed E-state index contributed by atoms with van der Waals surface area (Å²) in [5, 5.41) is 81.9. The smallest absolute Gasteiger partial charge is 0.243 e. The van der Waals surface area contributed by atoms with Crippen molar-refractivity contribution < 1.29 is 40.2 Å². The number of nitrogens with one attached hydrogen (secondary N) is 3. The molecule has 3 aliphatic heterocycles. The van der Waals surface area contributed by atoms with Crippen LogP contribution >= 0.6 is 0 Å². The molecule has 3 aromatic carbocycles. The minimum absolute atomic E-state index is 0.0605. The van der Waals surface area contributed by atoms with Crippen molar-refractivity contribution in [3.05, 3.63) is 159 Å². The Kier molecular flexibility index (Phi) is 18.0. The molecule has 1 spiro atoms. The summed E-state index contributed by atoms with van der Waals surface area (Å²) >= 11 is 0. The fraction of sp³-hybridized carbons (Fsp3) is 0.476. The van der Waals surface area contributed by atoms with Gasteiger partial charge in [-0.1, -0.05) is 108 Å². The molecule has 2 fully saturated rings. The normalized spacial score (nSPS) is 31.4. The van der Waals surface area contributed by atoms with Crippen molar-refractivity contribution >= 4 is 17.6 Å². The van der Waals surface area contributed by atoms with Crippen LogP contribution in [-0.4, -0.2) is 91.4 Å². The SMILES string of the molecule is C=C(C=CC=C(CO)C1CCC2(C3CCC(O)Cc4cccc(c4)CC4C(c5ccc(O)cc5)CNC(N)=NC#CCC4(O)CNC4C(=O)NC(N)c5cccc(c54)CC(=O)C(C)=C3CCC2(C)O)C1O)CCC=C(C)C. The Bertz CT molecular complexity index is 2910. The Hall–Kier alpha value is -6.15. The molecule has 14 nitrogen and oxygen atoms in total. The van der Waals surface area contributed by atoms with Gasteiger partial charge in [-0.2, -0.15) is 4.99 Å². The third-order valence-corrected chi connectivity index (χ3v) is 17.7. The van der Waals surface area contributed by atoms with Gasteiger partial charge in [0.1, 0.15) is 18.0 Å². The first-order chi connectivity index (χ1) is 36.7. The van der Waals surface area contributed by atoms with E-state index in [9.17, 15) is 35.4 Å². The number of aliphatic hydroxyl groups excluding tert-OH is 3. The van der Waals surface area contributed by atoms with Crippen molar-refractivity contribution in [2.45, 2.75) is 146 Å². The third kappa shape index (κ3) is 12.4. The Balaban J connectivity index is 1.22. The molecule has 0 aromatic heterocycles. The van der Waals surface area contributed by atoms with Crippen molar-refractivity contribution in [3.63, 3.8) is 0 Å². The number of aliphatic hydroxyl groups is 5. The third-order valence-electron chi connectivity index (χ3n) is 17.7. The van der Waals surface area contributed by atoms with Gasteiger partial charge in [-0.25, -0.2) is 0 Å². The van der Waals surface area contributed by atoms with Gasteiger partial charge < -0.3 is 52.7 Å². The maximum Gasteiger partial charge on any atom is 0.243 e. The van der Waals surface area contributed by atoms with Crippen LogP contribution < -0.4 is 27.4 Å². The molecule has 1 amide bonds. The number of nitrogens with two attached hydrogens (primary N) is 2. The summed E-state index contributed by atoms with van der Waals surface area (Å²) in [6, 6.07) is 22.0. The Labute approximate surface area is 454 Å². The van der Waals surface area contributed by atoms with E-state index in [0.29, 0.717) is 66.4 Å². The molecule has 11 atom stereocenters. The monoisotopic (exact) mass is 1050 g/mol. The van der Waals surface area contributed by atoms with Crippen molar-refractivity contribution in [3.8, 4) is 17.7 Å². The fourth-order valence-electron chi connectivity index (χ4n) is 13.5. The van der Waals surface area contributed by atoms with Crippen molar-refractivity contribution in [1.82, 2.24) is 16.0 Å². The summed E-state index contributed by atoms with van der Waals surface area (Å²) in [7, 11) is 0. The largest absolute Gasteiger partial charge is 0.508 e. The minimum atomic E-state index is -1.64. The quantitative estimate of drug-likeness (QED) is 0.0651. The molecule has 5 aliphatic rings. The maximum atomic E-state index is 15.1. The lowest BCUT2D eigenvalue weighted by atomic mass is 9.52. The average molecular weight is 1050 g/mol. The number of β-amino-alcohol motifs (C(OH)–C–C–N with tert-alkyl or cyclic N) is 1. The van der Waals surface area contributed by atoms with E-state index < -0.39 is 70.6 Å². The number of ketones is 1. The number of carbonyl (C=O) groups is 2. The van der Waals surface area contributed by atoms with Crippen molar-refractivity contribution in [2.75, 3.05) is 19.7 Å². The number of fused-ring (bicyclic) bond motifs is 5. The maximum absolute atomic E-state index is 15.1. The highest BCUT2D eigenvalue weighted by Crippen LogP contribution is 2.63. The number of Topliss-reactive ketones (excluding diaryl/α,β-unsaturated/α-hetero) is 1. The highest BCUT2D eigenvalue weighted by molar-refractivity contribution is 5.98. The first-order valence-corrected chi connectivity index (χ1v) is 27.4. The standard InChI is InChI=1S/C63H80N6O8/c1-38(2)11-6-12-39(3)13-7-17-45(36-70)49-26-29-63(57(49)74)52-24-23-47(72)32-41-14-8-15-42(31-41)33-53-51(43-19-21-46(71)22-20-43)35-67-60(65)66-30-10-27-62(53,77)37-68-56-55-44(16-9-18-50(55)58(64)69-59(56)75)34-54(73)40(4)48(52)25-28-61(63,5)76/h7-9,11,13-22,31,47,49,51-53,56-58,68,70-72,74,76-77H,3,6,12,23-29,32-37,64H2,1-2,4-5H3,(H,69,75)(H3,65,66,67). The van der Waals surface area contributed by atoms with Gasteiger partial charge in [0.2, 0.25) is 11.9 Å². The topological polar surface area (TPSA) is 256 Å². The van der Waals surface area contributed by atoms with E-state index in [1.807, 2.05) is 79.7 Å². The lowest BCUT2D eigenvalue weighted by molar-refractivity contribution is -0.168. The van der Waals surface area contributed by atoms with Crippen LogP contribution in [0.15, 0.2) is 130 Å². The molecule has 2 saturated carbocycles. The summed E-state index contributed by atoms with van der Waals surface area (Å²) in [4.78, 5) is 33.7. The van der Waals surface area contributed by atoms with Crippen LogP contribution in [0.25, 0.3) is 0 Å². The van der Waals surface area contributed by atoms with E-state index in [1.165, 1.54) is 5.57 Å². The first kappa shape index (κ1) is 57.0. The molecule has 11 unspecified atom stereocenters. The van der Waals surface area contributed by atoms with Gasteiger partial charge in [0, 0.05) is 55.1 Å². The Morgan fingerprint density at radius 3 is 2.47 bits per heavy atom. The molecule has 77 heavy (non-hydrogen) atoms. The van der Waals surface area contributed by atoms with Gasteiger partial charge >= 0.3 is 0 Å². The van der Waals surface area contributed by atoms with Gasteiger partial charge in [-0.05, 0) is 154 Å². The molecular weight excluding hydrogens is 969 g/mol. The van der Waals surface area contributed by atoms with E-state index >= 15 is 4.79 Å². The number of hydrogen-bond donors (Lipinski definition) is 11. The second-order valence-electron chi connectivity index (χ2n) is 22.9. The summed E-state index contributed by atoms with van der Waals surface area (Å²) in [6.45, 7) is 11.8. The molecule has 3 aromatic rings. The second kappa shape index (κ2) is 24.3. The zero-order valence-corrected chi connectivity index (χ0v) is 45.2. The van der Waals surface area contributed by atoms with E-state index in [4.69, 9.17) is 11.5 Å². The van der Waals surface area contributed by atoms with E-state index in [0.717, 1.165) is 40.7 Å². The highest BCUT2D eigenvalue weighted by atomic mass is 16.3. The van der Waals surface area contributed by atoms with Gasteiger partial charge in [0.25, 0.3) is 0 Å². The molecule has 3 heterocycles. The first-order valence-electron chi connectivity index (χ1n) is 27.4. The number of nitrogens with zero attached hydrogens (tertiary/aromatic N) is 1. The van der Waals surface area contributed by atoms with Crippen LogP contribution in [-0.2, 0) is 28.9 Å².